The molecule has 1 N–H and O–H groups in total. The van der Waals surface area contributed by atoms with Crippen molar-refractivity contribution >= 4 is 44.6 Å². The third-order valence-electron chi connectivity index (χ3n) is 2.84. The molecule has 7 heteroatoms. The number of aryl methyl sites for hydroxylation is 1. The number of rotatable bonds is 3. The van der Waals surface area contributed by atoms with E-state index in [2.05, 4.69) is 21.2 Å². The van der Waals surface area contributed by atoms with Gasteiger partial charge in [0.15, 0.2) is 0 Å². The lowest BCUT2D eigenvalue weighted by atomic mass is 10.1. The summed E-state index contributed by atoms with van der Waals surface area (Å²) < 4.78 is 0.788. The number of nitriles is 1. The van der Waals surface area contributed by atoms with E-state index < -0.39 is 4.92 Å². The van der Waals surface area contributed by atoms with Crippen molar-refractivity contribution in [3.63, 3.8) is 0 Å². The predicted octanol–water partition coefficient (Wildman–Crippen LogP) is 4.93. The van der Waals surface area contributed by atoms with E-state index in [0.717, 1.165) is 10.0 Å². The van der Waals surface area contributed by atoms with Crippen molar-refractivity contribution in [1.82, 2.24) is 0 Å². The van der Waals surface area contributed by atoms with Crippen LogP contribution in [0.15, 0.2) is 34.8 Å². The third-order valence-corrected chi connectivity index (χ3v) is 3.91. The zero-order valence-corrected chi connectivity index (χ0v) is 13.2. The molecule has 0 saturated heterocycles. The number of nitrogens with one attached hydrogen (secondary N) is 1. The average molecular weight is 367 g/mol. The fourth-order valence-electron chi connectivity index (χ4n) is 1.75. The molecule has 2 rings (SSSR count). The lowest BCUT2D eigenvalue weighted by Gasteiger charge is -2.11. The highest BCUT2D eigenvalue weighted by Gasteiger charge is 2.15. The third kappa shape index (κ3) is 3.32. The van der Waals surface area contributed by atoms with Gasteiger partial charge < -0.3 is 5.32 Å². The van der Waals surface area contributed by atoms with E-state index in [1.54, 1.807) is 18.2 Å². The van der Waals surface area contributed by atoms with Crippen molar-refractivity contribution in [3.8, 4) is 6.07 Å². The van der Waals surface area contributed by atoms with Gasteiger partial charge in [0.1, 0.15) is 11.6 Å². The summed E-state index contributed by atoms with van der Waals surface area (Å²) >= 11 is 9.48. The van der Waals surface area contributed by atoms with Gasteiger partial charge in [-0.15, -0.1) is 0 Å². The minimum absolute atomic E-state index is 0.0200. The second-order valence-corrected chi connectivity index (χ2v) is 5.57. The van der Waals surface area contributed by atoms with Crippen molar-refractivity contribution in [2.45, 2.75) is 6.92 Å². The van der Waals surface area contributed by atoms with Crippen molar-refractivity contribution in [2.75, 3.05) is 5.32 Å². The maximum Gasteiger partial charge on any atom is 0.289 e. The Kier molecular flexibility index (Phi) is 4.46. The van der Waals surface area contributed by atoms with Gasteiger partial charge in [0.2, 0.25) is 0 Å². The van der Waals surface area contributed by atoms with Crippen LogP contribution in [0.3, 0.4) is 0 Å². The Labute approximate surface area is 134 Å². The van der Waals surface area contributed by atoms with Gasteiger partial charge in [0.05, 0.1) is 10.6 Å². The van der Waals surface area contributed by atoms with E-state index in [4.69, 9.17) is 16.9 Å². The van der Waals surface area contributed by atoms with E-state index in [9.17, 15) is 10.1 Å². The number of halogens is 2. The maximum absolute atomic E-state index is 10.9. The molecule has 2 aromatic carbocycles. The largest absolute Gasteiger partial charge is 0.354 e. The Morgan fingerprint density at radius 2 is 2.10 bits per heavy atom. The van der Waals surface area contributed by atoms with Crippen LogP contribution in [-0.4, -0.2) is 4.92 Å². The summed E-state index contributed by atoms with van der Waals surface area (Å²) in [7, 11) is 0. The first-order valence-corrected chi connectivity index (χ1v) is 7.00. The van der Waals surface area contributed by atoms with E-state index in [1.807, 2.05) is 13.0 Å². The summed E-state index contributed by atoms with van der Waals surface area (Å²) in [5.41, 5.74) is 1.88. The smallest absolute Gasteiger partial charge is 0.289 e. The van der Waals surface area contributed by atoms with Crippen LogP contribution in [0.25, 0.3) is 0 Å². The van der Waals surface area contributed by atoms with Gasteiger partial charge in [-0.2, -0.15) is 5.26 Å². The lowest BCUT2D eigenvalue weighted by molar-refractivity contribution is -0.385. The first-order valence-electron chi connectivity index (χ1n) is 5.83. The Morgan fingerprint density at radius 1 is 1.38 bits per heavy atom. The number of anilines is 2. The number of nitro benzene ring substituents is 1. The molecule has 0 radical (unpaired) electrons. The molecule has 0 unspecified atom stereocenters. The van der Waals surface area contributed by atoms with E-state index in [-0.39, 0.29) is 11.3 Å². The Balaban J connectivity index is 2.41. The quantitative estimate of drug-likeness (QED) is 0.616. The van der Waals surface area contributed by atoms with Crippen LogP contribution in [0.2, 0.25) is 5.02 Å². The van der Waals surface area contributed by atoms with Crippen LogP contribution in [-0.2, 0) is 0 Å². The summed E-state index contributed by atoms with van der Waals surface area (Å²) in [4.78, 5) is 10.4. The molecule has 0 heterocycles. The standard InChI is InChI=1S/C14H9BrClN3O2/c1-8-4-11(15)13(6-12(8)16)18-10-3-2-9(7-17)14(5-10)19(20)21/h2-6,18H,1H3. The van der Waals surface area contributed by atoms with Gasteiger partial charge in [-0.3, -0.25) is 10.1 Å². The van der Waals surface area contributed by atoms with Gasteiger partial charge in [0.25, 0.3) is 5.69 Å². The van der Waals surface area contributed by atoms with Crippen LogP contribution in [0.5, 0.6) is 0 Å². The summed E-state index contributed by atoms with van der Waals surface area (Å²) in [5, 5.41) is 23.4. The fourth-order valence-corrected chi connectivity index (χ4v) is 2.47. The molecule has 5 nitrogen and oxygen atoms in total. The number of nitro groups is 1. The van der Waals surface area contributed by atoms with Gasteiger partial charge in [-0.25, -0.2) is 0 Å². The molecule has 2 aromatic rings. The summed E-state index contributed by atoms with van der Waals surface area (Å²) in [6.45, 7) is 1.88. The van der Waals surface area contributed by atoms with Gasteiger partial charge in [0, 0.05) is 21.2 Å². The maximum atomic E-state index is 10.9. The molecule has 0 saturated carbocycles. The highest BCUT2D eigenvalue weighted by atomic mass is 79.9. The van der Waals surface area contributed by atoms with Crippen LogP contribution in [0.4, 0.5) is 17.1 Å². The molecule has 0 aliphatic heterocycles. The highest BCUT2D eigenvalue weighted by molar-refractivity contribution is 9.10. The molecule has 0 aromatic heterocycles. The van der Waals surface area contributed by atoms with Crippen LogP contribution in [0.1, 0.15) is 11.1 Å². The molecule has 106 valence electrons. The van der Waals surface area contributed by atoms with Gasteiger partial charge in [-0.1, -0.05) is 11.6 Å². The van der Waals surface area contributed by atoms with Crippen LogP contribution in [0, 0.1) is 28.4 Å². The van der Waals surface area contributed by atoms with Crippen LogP contribution >= 0.6 is 27.5 Å². The van der Waals surface area contributed by atoms with E-state index in [1.165, 1.54) is 12.1 Å². The molecule has 0 bridgehead atoms. The Bertz CT molecular complexity index is 772. The average Bonchev–Trinajstić information content (AvgIpc) is 2.44. The molecule has 0 aliphatic carbocycles. The monoisotopic (exact) mass is 365 g/mol. The minimum atomic E-state index is -0.582. The van der Waals surface area contributed by atoms with Gasteiger partial charge >= 0.3 is 0 Å². The summed E-state index contributed by atoms with van der Waals surface area (Å²) in [5.74, 6) is 0. The molecular weight excluding hydrogens is 358 g/mol. The Morgan fingerprint density at radius 3 is 2.71 bits per heavy atom. The second kappa shape index (κ2) is 6.12. The zero-order chi connectivity index (χ0) is 15.6. The van der Waals surface area contributed by atoms with Crippen LogP contribution < -0.4 is 5.32 Å². The van der Waals surface area contributed by atoms with Crippen molar-refractivity contribution in [2.24, 2.45) is 0 Å². The van der Waals surface area contributed by atoms with Crippen molar-refractivity contribution < 1.29 is 4.92 Å². The number of nitrogens with zero attached hydrogens (tertiary/aromatic N) is 2. The highest BCUT2D eigenvalue weighted by Crippen LogP contribution is 2.32. The number of benzene rings is 2. The molecule has 0 amide bonds. The predicted molar refractivity (Wildman–Crippen MR) is 85.0 cm³/mol. The molecule has 21 heavy (non-hydrogen) atoms. The van der Waals surface area contributed by atoms with E-state index >= 15 is 0 Å². The molecule has 0 spiro atoms. The topological polar surface area (TPSA) is 79.0 Å². The van der Waals surface area contributed by atoms with Crippen molar-refractivity contribution in [3.05, 3.63) is 61.1 Å². The fraction of sp³-hybridized carbons (Fsp3) is 0.0714. The van der Waals surface area contributed by atoms with E-state index in [0.29, 0.717) is 16.4 Å². The number of hydrogen-bond donors (Lipinski definition) is 1. The molecular formula is C14H9BrClN3O2. The minimum Gasteiger partial charge on any atom is -0.354 e. The Hall–Kier alpha value is -2.10. The van der Waals surface area contributed by atoms with Gasteiger partial charge in [-0.05, 0) is 52.7 Å². The summed E-state index contributed by atoms with van der Waals surface area (Å²) in [6.07, 6.45) is 0. The SMILES string of the molecule is Cc1cc(Br)c(Nc2ccc(C#N)c([N+](=O)[O-])c2)cc1Cl. The summed E-state index contributed by atoms with van der Waals surface area (Å²) in [6, 6.07) is 9.70. The first-order chi connectivity index (χ1) is 9.92. The first kappa shape index (κ1) is 15.3. The zero-order valence-electron chi connectivity index (χ0n) is 10.9. The second-order valence-electron chi connectivity index (χ2n) is 4.31. The normalized spacial score (nSPS) is 10.0. The van der Waals surface area contributed by atoms with Crippen molar-refractivity contribution in [1.29, 1.82) is 5.26 Å². The number of hydrogen-bond acceptors (Lipinski definition) is 4. The molecule has 0 fully saturated rings. The molecule has 0 atom stereocenters. The molecule has 0 aliphatic rings. The lowest BCUT2D eigenvalue weighted by Crippen LogP contribution is -1.96.